The van der Waals surface area contributed by atoms with Gasteiger partial charge < -0.3 is 14.3 Å². The molecule has 1 N–H and O–H groups in total. The number of aromatic hydroxyl groups is 1. The molecule has 0 saturated carbocycles. The minimum Gasteiger partial charge on any atom is -0.507 e. The van der Waals surface area contributed by atoms with Crippen LogP contribution in [0, 0.1) is 0 Å². The molecule has 0 fully saturated rings. The molecule has 1 heterocycles. The second-order valence-corrected chi connectivity index (χ2v) is 6.67. The fourth-order valence-corrected chi connectivity index (χ4v) is 3.25. The van der Waals surface area contributed by atoms with Crippen molar-refractivity contribution in [1.29, 1.82) is 0 Å². The topological polar surface area (TPSA) is 59.7 Å². The van der Waals surface area contributed by atoms with Gasteiger partial charge in [-0.1, -0.05) is 38.3 Å². The third kappa shape index (κ3) is 4.33. The molecule has 0 radical (unpaired) electrons. The van der Waals surface area contributed by atoms with Gasteiger partial charge in [0.05, 0.1) is 12.2 Å². The summed E-state index contributed by atoms with van der Waals surface area (Å²) in [6.45, 7) is 4.61. The van der Waals surface area contributed by atoms with E-state index in [2.05, 4.69) is 6.92 Å². The minimum absolute atomic E-state index is 0.116. The Morgan fingerprint density at radius 1 is 1.07 bits per heavy atom. The summed E-state index contributed by atoms with van der Waals surface area (Å²) in [7, 11) is 0. The Morgan fingerprint density at radius 3 is 2.70 bits per heavy atom. The molecule has 142 valence electrons. The maximum absolute atomic E-state index is 12.7. The molecule has 0 bridgehead atoms. The van der Waals surface area contributed by atoms with Crippen molar-refractivity contribution < 1.29 is 19.1 Å². The number of hydrogen-bond acceptors (Lipinski definition) is 4. The maximum Gasteiger partial charge on any atom is 0.163 e. The molecular formula is C23H26O4. The molecule has 0 aliphatic heterocycles. The molecule has 0 amide bonds. The first-order chi connectivity index (χ1) is 13.1. The van der Waals surface area contributed by atoms with E-state index in [1.54, 1.807) is 18.2 Å². The molecule has 0 unspecified atom stereocenters. The van der Waals surface area contributed by atoms with E-state index >= 15 is 0 Å². The molecule has 0 atom stereocenters. The number of carbonyl (C=O) groups excluding carboxylic acids is 1. The summed E-state index contributed by atoms with van der Waals surface area (Å²) in [5, 5.41) is 11.0. The van der Waals surface area contributed by atoms with E-state index in [1.807, 2.05) is 31.2 Å². The Balaban J connectivity index is 1.92. The van der Waals surface area contributed by atoms with Crippen molar-refractivity contribution in [2.24, 2.45) is 0 Å². The predicted molar refractivity (Wildman–Crippen MR) is 108 cm³/mol. The molecular weight excluding hydrogens is 340 g/mol. The fraction of sp³-hybridized carbons (Fsp3) is 0.348. The van der Waals surface area contributed by atoms with Crippen LogP contribution >= 0.6 is 0 Å². The van der Waals surface area contributed by atoms with Crippen molar-refractivity contribution >= 4 is 16.8 Å². The zero-order chi connectivity index (χ0) is 19.2. The van der Waals surface area contributed by atoms with Crippen molar-refractivity contribution in [3.63, 3.8) is 0 Å². The number of furan rings is 1. The molecule has 0 aliphatic rings. The van der Waals surface area contributed by atoms with E-state index in [0.717, 1.165) is 31.1 Å². The zero-order valence-electron chi connectivity index (χ0n) is 16.0. The van der Waals surface area contributed by atoms with Crippen LogP contribution in [0.25, 0.3) is 22.3 Å². The highest BCUT2D eigenvalue weighted by Gasteiger charge is 2.16. The van der Waals surface area contributed by atoms with Crippen LogP contribution in [-0.4, -0.2) is 17.5 Å². The lowest BCUT2D eigenvalue weighted by Crippen LogP contribution is -1.99. The van der Waals surface area contributed by atoms with Crippen molar-refractivity contribution in [2.75, 3.05) is 6.61 Å². The molecule has 0 aliphatic carbocycles. The summed E-state index contributed by atoms with van der Waals surface area (Å²) in [5.41, 5.74) is 1.88. The summed E-state index contributed by atoms with van der Waals surface area (Å²) in [4.78, 5) is 12.7. The van der Waals surface area contributed by atoms with Crippen molar-refractivity contribution in [2.45, 2.75) is 46.0 Å². The van der Waals surface area contributed by atoms with E-state index in [9.17, 15) is 9.90 Å². The standard InChI is InChI=1S/C23H26O4/c1-3-5-6-7-10-20(24)17-9-8-11-22-18(17)15-23(27-22)19-14-16(26-4-2)12-13-21(19)25/h8-9,11-15,25H,3-7,10H2,1-2H3. The van der Waals surface area contributed by atoms with Crippen LogP contribution in [0.2, 0.25) is 0 Å². The van der Waals surface area contributed by atoms with E-state index < -0.39 is 0 Å². The van der Waals surface area contributed by atoms with Gasteiger partial charge in [-0.05, 0) is 43.7 Å². The quantitative estimate of drug-likeness (QED) is 0.354. The Morgan fingerprint density at radius 2 is 1.93 bits per heavy atom. The molecule has 0 spiro atoms. The highest BCUT2D eigenvalue weighted by molar-refractivity contribution is 6.08. The summed E-state index contributed by atoms with van der Waals surface area (Å²) >= 11 is 0. The number of phenols is 1. The highest BCUT2D eigenvalue weighted by Crippen LogP contribution is 2.37. The molecule has 2 aromatic carbocycles. The van der Waals surface area contributed by atoms with Crippen LogP contribution in [0.3, 0.4) is 0 Å². The number of hydrogen-bond donors (Lipinski definition) is 1. The van der Waals surface area contributed by atoms with Crippen LogP contribution in [0.5, 0.6) is 11.5 Å². The lowest BCUT2D eigenvalue weighted by molar-refractivity contribution is 0.0980. The largest absolute Gasteiger partial charge is 0.507 e. The van der Waals surface area contributed by atoms with Crippen LogP contribution in [0.15, 0.2) is 46.9 Å². The average molecular weight is 366 g/mol. The smallest absolute Gasteiger partial charge is 0.163 e. The number of phenolic OH excluding ortho intramolecular Hbond substituents is 1. The second-order valence-electron chi connectivity index (χ2n) is 6.67. The first-order valence-corrected chi connectivity index (χ1v) is 9.66. The molecule has 4 heteroatoms. The van der Waals surface area contributed by atoms with Gasteiger partial charge in [-0.3, -0.25) is 4.79 Å². The summed E-state index contributed by atoms with van der Waals surface area (Å²) in [6, 6.07) is 12.4. The van der Waals surface area contributed by atoms with E-state index in [0.29, 0.717) is 41.2 Å². The molecule has 27 heavy (non-hydrogen) atoms. The molecule has 3 aromatic rings. The van der Waals surface area contributed by atoms with E-state index in [1.165, 1.54) is 0 Å². The van der Waals surface area contributed by atoms with Crippen LogP contribution < -0.4 is 4.74 Å². The first kappa shape index (κ1) is 19.0. The summed E-state index contributed by atoms with van der Waals surface area (Å²) in [5.74, 6) is 1.44. The van der Waals surface area contributed by atoms with E-state index in [-0.39, 0.29) is 11.5 Å². The third-order valence-corrected chi connectivity index (χ3v) is 4.66. The fourth-order valence-electron chi connectivity index (χ4n) is 3.25. The van der Waals surface area contributed by atoms with Crippen LogP contribution in [-0.2, 0) is 0 Å². The Bertz CT molecular complexity index is 923. The highest BCUT2D eigenvalue weighted by atomic mass is 16.5. The minimum atomic E-state index is 0.116. The number of Topliss-reactive ketones (excluding diaryl/α,β-unsaturated/α-hetero) is 1. The molecule has 4 nitrogen and oxygen atoms in total. The monoisotopic (exact) mass is 366 g/mol. The van der Waals surface area contributed by atoms with Crippen molar-refractivity contribution in [1.82, 2.24) is 0 Å². The summed E-state index contributed by atoms with van der Waals surface area (Å²) in [6.07, 6.45) is 4.84. The van der Waals surface area contributed by atoms with Gasteiger partial charge in [0.15, 0.2) is 5.78 Å². The van der Waals surface area contributed by atoms with Gasteiger partial charge in [0, 0.05) is 17.4 Å². The van der Waals surface area contributed by atoms with Gasteiger partial charge in [0.1, 0.15) is 22.8 Å². The summed E-state index contributed by atoms with van der Waals surface area (Å²) < 4.78 is 11.5. The van der Waals surface area contributed by atoms with Crippen LogP contribution in [0.4, 0.5) is 0 Å². The SMILES string of the molecule is CCCCCCC(=O)c1cccc2oc(-c3cc(OCC)ccc3O)cc12. The van der Waals surface area contributed by atoms with Gasteiger partial charge in [-0.25, -0.2) is 0 Å². The van der Waals surface area contributed by atoms with Gasteiger partial charge in [-0.2, -0.15) is 0 Å². The van der Waals surface area contributed by atoms with E-state index in [4.69, 9.17) is 9.15 Å². The number of ether oxygens (including phenoxy) is 1. The lowest BCUT2D eigenvalue weighted by Gasteiger charge is -2.06. The van der Waals surface area contributed by atoms with Gasteiger partial charge >= 0.3 is 0 Å². The van der Waals surface area contributed by atoms with Gasteiger partial charge in [0.25, 0.3) is 0 Å². The number of rotatable bonds is 9. The van der Waals surface area contributed by atoms with Gasteiger partial charge in [-0.15, -0.1) is 0 Å². The molecule has 3 rings (SSSR count). The van der Waals surface area contributed by atoms with Gasteiger partial charge in [0.2, 0.25) is 0 Å². The first-order valence-electron chi connectivity index (χ1n) is 9.66. The normalized spacial score (nSPS) is 11.0. The predicted octanol–water partition coefficient (Wildman–Crippen LogP) is 6.36. The zero-order valence-corrected chi connectivity index (χ0v) is 16.0. The number of fused-ring (bicyclic) bond motifs is 1. The van der Waals surface area contributed by atoms with Crippen molar-refractivity contribution in [3.05, 3.63) is 48.0 Å². The molecule has 1 aromatic heterocycles. The average Bonchev–Trinajstić information content (AvgIpc) is 3.10. The Labute approximate surface area is 159 Å². The lowest BCUT2D eigenvalue weighted by atomic mass is 10.0. The number of carbonyl (C=O) groups is 1. The maximum atomic E-state index is 12.7. The Hall–Kier alpha value is -2.75. The number of unbranched alkanes of at least 4 members (excludes halogenated alkanes) is 3. The number of ketones is 1. The molecule has 0 saturated heterocycles. The van der Waals surface area contributed by atoms with Crippen LogP contribution in [0.1, 0.15) is 56.3 Å². The Kier molecular flexibility index (Phi) is 6.17. The number of benzene rings is 2. The van der Waals surface area contributed by atoms with Crippen molar-refractivity contribution in [3.8, 4) is 22.8 Å². The third-order valence-electron chi connectivity index (χ3n) is 4.66. The second kappa shape index (κ2) is 8.76.